The second-order valence-electron chi connectivity index (χ2n) is 11.0. The zero-order valence-corrected chi connectivity index (χ0v) is 25.4. The summed E-state index contributed by atoms with van der Waals surface area (Å²) in [6, 6.07) is 12.3. The lowest BCUT2D eigenvalue weighted by Crippen LogP contribution is -2.47. The number of piperidine rings is 1. The van der Waals surface area contributed by atoms with Gasteiger partial charge in [0.15, 0.2) is 0 Å². The van der Waals surface area contributed by atoms with Gasteiger partial charge in [-0.15, -0.1) is 11.3 Å². The number of carboxylic acid groups (broad SMARTS) is 1. The van der Waals surface area contributed by atoms with Gasteiger partial charge in [-0.05, 0) is 62.1 Å². The molecule has 10 nitrogen and oxygen atoms in total. The fraction of sp³-hybridized carbons (Fsp3) is 0.281. The Labute approximate surface area is 258 Å². The van der Waals surface area contributed by atoms with Gasteiger partial charge < -0.3 is 25.4 Å². The topological polar surface area (TPSA) is 125 Å². The van der Waals surface area contributed by atoms with E-state index in [9.17, 15) is 9.90 Å². The molecule has 1 aliphatic rings. The van der Waals surface area contributed by atoms with Crippen LogP contribution in [0.2, 0.25) is 0 Å². The van der Waals surface area contributed by atoms with Crippen molar-refractivity contribution in [3.8, 4) is 22.9 Å². The Kier molecular flexibility index (Phi) is 8.25. The number of ether oxygens (including phenoxy) is 1. The highest BCUT2D eigenvalue weighted by Crippen LogP contribution is 2.39. The molecule has 2 atom stereocenters. The molecule has 44 heavy (non-hydrogen) atoms. The van der Waals surface area contributed by atoms with Crippen molar-refractivity contribution in [1.29, 1.82) is 0 Å². The molecule has 0 spiro atoms. The Bertz CT molecular complexity index is 1830. The monoisotopic (exact) mass is 613 g/mol. The number of fused-ring (bicyclic) bond motifs is 1. The molecule has 0 bridgehead atoms. The van der Waals surface area contributed by atoms with Crippen LogP contribution in [0.5, 0.6) is 11.6 Å². The molecule has 226 valence electrons. The number of aryl methyl sites for hydroxylation is 2. The van der Waals surface area contributed by atoms with E-state index in [-0.39, 0.29) is 17.8 Å². The van der Waals surface area contributed by atoms with Gasteiger partial charge in [0.2, 0.25) is 11.8 Å². The van der Waals surface area contributed by atoms with Crippen molar-refractivity contribution in [2.45, 2.75) is 39.8 Å². The van der Waals surface area contributed by atoms with Crippen molar-refractivity contribution in [2.24, 2.45) is 5.92 Å². The summed E-state index contributed by atoms with van der Waals surface area (Å²) in [5, 5.41) is 20.4. The van der Waals surface area contributed by atoms with Gasteiger partial charge in [0, 0.05) is 47.7 Å². The number of thiazole rings is 1. The smallest absolute Gasteiger partial charge is 0.407 e. The van der Waals surface area contributed by atoms with E-state index in [0.717, 1.165) is 28.1 Å². The first-order valence-electron chi connectivity index (χ1n) is 14.3. The average molecular weight is 614 g/mol. The van der Waals surface area contributed by atoms with Crippen LogP contribution in [-0.2, 0) is 6.54 Å². The predicted octanol–water partition coefficient (Wildman–Crippen LogP) is 7.11. The standard InChI is InChI=1S/C32H32FN7O3S/c1-18-13-21(16-40(15-18)32(41)42)38-31-35-12-10-27(39-31)25-5-4-11-34-30(25)43-29-19(2)6-7-23-24(29)8-9-26(33)28(23)36-14-22-17-44-20(3)37-22/h4-12,17-18,21,36H,13-16H2,1-3H3,(H,41,42)(H,35,38,39)/t18-,21+/m1/s1. The van der Waals surface area contributed by atoms with Crippen LogP contribution in [0.15, 0.2) is 60.2 Å². The molecule has 5 aromatic rings. The van der Waals surface area contributed by atoms with Crippen LogP contribution in [0, 0.1) is 25.6 Å². The maximum absolute atomic E-state index is 15.1. The lowest BCUT2D eigenvalue weighted by Gasteiger charge is -2.35. The van der Waals surface area contributed by atoms with Crippen LogP contribution < -0.4 is 15.4 Å². The van der Waals surface area contributed by atoms with Crippen LogP contribution in [0.3, 0.4) is 0 Å². The molecular weight excluding hydrogens is 581 g/mol. The third-order valence-corrected chi connectivity index (χ3v) is 8.40. The third kappa shape index (κ3) is 6.25. The summed E-state index contributed by atoms with van der Waals surface area (Å²) in [7, 11) is 0. The summed E-state index contributed by atoms with van der Waals surface area (Å²) < 4.78 is 21.6. The maximum Gasteiger partial charge on any atom is 0.407 e. The average Bonchev–Trinajstić information content (AvgIpc) is 3.43. The van der Waals surface area contributed by atoms with Crippen LogP contribution in [0.25, 0.3) is 22.0 Å². The van der Waals surface area contributed by atoms with Crippen LogP contribution in [0.4, 0.5) is 20.8 Å². The zero-order valence-electron chi connectivity index (χ0n) is 24.5. The highest BCUT2D eigenvalue weighted by atomic mass is 32.1. The number of nitrogens with one attached hydrogen (secondary N) is 2. The molecule has 4 heterocycles. The molecule has 2 aromatic carbocycles. The van der Waals surface area contributed by atoms with E-state index in [4.69, 9.17) is 9.72 Å². The van der Waals surface area contributed by atoms with E-state index < -0.39 is 6.09 Å². The number of anilines is 2. The number of rotatable bonds is 8. The summed E-state index contributed by atoms with van der Waals surface area (Å²) in [6.07, 6.45) is 3.17. The lowest BCUT2D eigenvalue weighted by atomic mass is 9.96. The molecule has 1 fully saturated rings. The third-order valence-electron chi connectivity index (χ3n) is 7.58. The molecule has 1 amide bonds. The van der Waals surface area contributed by atoms with E-state index in [0.29, 0.717) is 59.5 Å². The molecule has 0 saturated carbocycles. The fourth-order valence-electron chi connectivity index (χ4n) is 5.58. The first kappa shape index (κ1) is 29.2. The van der Waals surface area contributed by atoms with E-state index in [1.807, 2.05) is 44.4 Å². The van der Waals surface area contributed by atoms with Gasteiger partial charge >= 0.3 is 6.09 Å². The van der Waals surface area contributed by atoms with E-state index in [2.05, 4.69) is 25.6 Å². The second kappa shape index (κ2) is 12.4. The number of carbonyl (C=O) groups is 1. The number of benzene rings is 2. The van der Waals surface area contributed by atoms with Gasteiger partial charge in [-0.3, -0.25) is 0 Å². The van der Waals surface area contributed by atoms with Gasteiger partial charge in [0.25, 0.3) is 0 Å². The van der Waals surface area contributed by atoms with Crippen molar-refractivity contribution >= 4 is 39.8 Å². The maximum atomic E-state index is 15.1. The fourth-order valence-corrected chi connectivity index (χ4v) is 6.19. The summed E-state index contributed by atoms with van der Waals surface area (Å²) in [6.45, 7) is 7.17. The van der Waals surface area contributed by atoms with Gasteiger partial charge in [0.05, 0.1) is 34.2 Å². The Balaban J connectivity index is 1.29. The molecule has 1 aliphatic heterocycles. The highest BCUT2D eigenvalue weighted by Gasteiger charge is 2.28. The number of hydrogen-bond acceptors (Lipinski definition) is 9. The number of hydrogen-bond donors (Lipinski definition) is 3. The van der Waals surface area contributed by atoms with Crippen molar-refractivity contribution in [1.82, 2.24) is 24.8 Å². The van der Waals surface area contributed by atoms with Gasteiger partial charge in [0.1, 0.15) is 11.6 Å². The number of halogens is 1. The molecule has 3 N–H and O–H groups in total. The molecule has 12 heteroatoms. The number of nitrogens with zero attached hydrogens (tertiary/aromatic N) is 5. The van der Waals surface area contributed by atoms with Crippen LogP contribution in [-0.4, -0.2) is 55.2 Å². The number of aromatic nitrogens is 4. The summed E-state index contributed by atoms with van der Waals surface area (Å²) in [5.74, 6) is 1.14. The van der Waals surface area contributed by atoms with E-state index in [1.54, 1.807) is 41.9 Å². The normalized spacial score (nSPS) is 16.6. The first-order chi connectivity index (χ1) is 21.2. The summed E-state index contributed by atoms with van der Waals surface area (Å²) in [5.41, 5.74) is 3.33. The Morgan fingerprint density at radius 3 is 2.73 bits per heavy atom. The second-order valence-corrected chi connectivity index (χ2v) is 12.1. The Morgan fingerprint density at radius 2 is 1.93 bits per heavy atom. The minimum absolute atomic E-state index is 0.115. The zero-order chi connectivity index (χ0) is 30.8. The molecule has 0 radical (unpaired) electrons. The van der Waals surface area contributed by atoms with Crippen molar-refractivity contribution < 1.29 is 19.0 Å². The molecular formula is C32H32FN7O3S. The Hall–Kier alpha value is -4.84. The van der Waals surface area contributed by atoms with Crippen molar-refractivity contribution in [3.05, 3.63) is 82.3 Å². The Morgan fingerprint density at radius 1 is 1.09 bits per heavy atom. The van der Waals surface area contributed by atoms with Crippen LogP contribution >= 0.6 is 11.3 Å². The van der Waals surface area contributed by atoms with E-state index in [1.165, 1.54) is 11.0 Å². The van der Waals surface area contributed by atoms with Gasteiger partial charge in [-0.2, -0.15) is 0 Å². The number of pyridine rings is 1. The number of amides is 1. The van der Waals surface area contributed by atoms with Gasteiger partial charge in [-0.1, -0.05) is 19.1 Å². The lowest BCUT2D eigenvalue weighted by molar-refractivity contribution is 0.119. The minimum Gasteiger partial charge on any atom is -0.465 e. The summed E-state index contributed by atoms with van der Waals surface area (Å²) in [4.78, 5) is 31.1. The number of likely N-dealkylation sites (tertiary alicyclic amines) is 1. The molecule has 1 saturated heterocycles. The van der Waals surface area contributed by atoms with Crippen molar-refractivity contribution in [2.75, 3.05) is 23.7 Å². The largest absolute Gasteiger partial charge is 0.465 e. The van der Waals surface area contributed by atoms with Crippen LogP contribution in [0.1, 0.15) is 29.6 Å². The minimum atomic E-state index is -0.931. The first-order valence-corrected chi connectivity index (χ1v) is 15.2. The molecule has 0 aliphatic carbocycles. The summed E-state index contributed by atoms with van der Waals surface area (Å²) >= 11 is 1.55. The molecule has 3 aromatic heterocycles. The highest BCUT2D eigenvalue weighted by molar-refractivity contribution is 7.09. The SMILES string of the molecule is Cc1nc(CNc2c(F)ccc3c(Oc4ncccc4-c4ccnc(N[C@H]5C[C@@H](C)CN(C(=O)O)C5)n4)c(C)ccc23)cs1. The predicted molar refractivity (Wildman–Crippen MR) is 169 cm³/mol. The van der Waals surface area contributed by atoms with E-state index >= 15 is 4.39 Å². The van der Waals surface area contributed by atoms with Gasteiger partial charge in [-0.25, -0.2) is 29.1 Å². The molecule has 0 unspecified atom stereocenters. The quantitative estimate of drug-likeness (QED) is 0.168. The van der Waals surface area contributed by atoms with Crippen molar-refractivity contribution in [3.63, 3.8) is 0 Å². The molecule has 6 rings (SSSR count).